The summed E-state index contributed by atoms with van der Waals surface area (Å²) in [5, 5.41) is 6.05. The average molecular weight is 231 g/mol. The standard InChI is InChI=1S/C10H15ClN2O2/c1-7(2)12-4-5-13-10(14)8-3-6-15-9(8)11/h3,6-7,12H,4-5H2,1-2H3,(H,13,14). The van der Waals surface area contributed by atoms with Gasteiger partial charge in [-0.25, -0.2) is 0 Å². The highest BCUT2D eigenvalue weighted by Crippen LogP contribution is 2.15. The van der Waals surface area contributed by atoms with Crippen LogP contribution in [0.3, 0.4) is 0 Å². The van der Waals surface area contributed by atoms with E-state index in [1.54, 1.807) is 6.07 Å². The van der Waals surface area contributed by atoms with Crippen LogP contribution in [0.5, 0.6) is 0 Å². The number of hydrogen-bond acceptors (Lipinski definition) is 3. The molecule has 0 aromatic carbocycles. The highest BCUT2D eigenvalue weighted by molar-refractivity contribution is 6.32. The van der Waals surface area contributed by atoms with Crippen LogP contribution in [0.1, 0.15) is 24.2 Å². The number of rotatable bonds is 5. The third-order valence-electron chi connectivity index (χ3n) is 1.83. The first kappa shape index (κ1) is 12.1. The Labute approximate surface area is 94.0 Å². The molecule has 0 atom stereocenters. The van der Waals surface area contributed by atoms with Crippen molar-refractivity contribution in [2.45, 2.75) is 19.9 Å². The van der Waals surface area contributed by atoms with E-state index < -0.39 is 0 Å². The second-order valence-corrected chi connectivity index (χ2v) is 3.82. The summed E-state index contributed by atoms with van der Waals surface area (Å²) in [5.41, 5.74) is 0.376. The number of halogens is 1. The van der Waals surface area contributed by atoms with Gasteiger partial charge in [0.15, 0.2) is 0 Å². The molecule has 0 radical (unpaired) electrons. The van der Waals surface area contributed by atoms with Crippen LogP contribution < -0.4 is 10.6 Å². The Morgan fingerprint density at radius 3 is 2.80 bits per heavy atom. The number of carbonyl (C=O) groups excluding carboxylic acids is 1. The number of hydrogen-bond donors (Lipinski definition) is 2. The zero-order valence-electron chi connectivity index (χ0n) is 8.84. The molecule has 5 heteroatoms. The van der Waals surface area contributed by atoms with E-state index in [1.165, 1.54) is 6.26 Å². The van der Waals surface area contributed by atoms with Crippen molar-refractivity contribution in [2.24, 2.45) is 0 Å². The molecular weight excluding hydrogens is 216 g/mol. The molecule has 0 aliphatic rings. The molecule has 84 valence electrons. The third kappa shape index (κ3) is 3.93. The number of nitrogens with one attached hydrogen (secondary N) is 2. The lowest BCUT2D eigenvalue weighted by molar-refractivity contribution is 0.0953. The molecular formula is C10H15ClN2O2. The molecule has 0 aliphatic heterocycles. The largest absolute Gasteiger partial charge is 0.452 e. The van der Waals surface area contributed by atoms with E-state index in [-0.39, 0.29) is 11.1 Å². The number of carbonyl (C=O) groups is 1. The third-order valence-corrected chi connectivity index (χ3v) is 2.12. The molecule has 0 unspecified atom stereocenters. The zero-order chi connectivity index (χ0) is 11.3. The summed E-state index contributed by atoms with van der Waals surface area (Å²) in [6, 6.07) is 1.97. The lowest BCUT2D eigenvalue weighted by atomic mass is 10.3. The molecule has 1 aromatic rings. The molecule has 1 rings (SSSR count). The molecule has 4 nitrogen and oxygen atoms in total. The maximum Gasteiger partial charge on any atom is 0.256 e. The normalized spacial score (nSPS) is 10.7. The summed E-state index contributed by atoms with van der Waals surface area (Å²) < 4.78 is 4.82. The molecule has 0 saturated heterocycles. The van der Waals surface area contributed by atoms with Crippen LogP contribution in [0.2, 0.25) is 5.22 Å². The van der Waals surface area contributed by atoms with Crippen LogP contribution in [0.15, 0.2) is 16.7 Å². The van der Waals surface area contributed by atoms with Crippen molar-refractivity contribution in [1.82, 2.24) is 10.6 Å². The van der Waals surface area contributed by atoms with Crippen LogP contribution in [0.25, 0.3) is 0 Å². The topological polar surface area (TPSA) is 54.3 Å². The summed E-state index contributed by atoms with van der Waals surface area (Å²) in [7, 11) is 0. The Kier molecular flexibility index (Phi) is 4.65. The lowest BCUT2D eigenvalue weighted by Gasteiger charge is -2.08. The molecule has 0 spiro atoms. The lowest BCUT2D eigenvalue weighted by Crippen LogP contribution is -2.34. The minimum atomic E-state index is -0.209. The monoisotopic (exact) mass is 230 g/mol. The Morgan fingerprint density at radius 2 is 2.27 bits per heavy atom. The molecule has 0 aliphatic carbocycles. The van der Waals surface area contributed by atoms with Gasteiger partial charge >= 0.3 is 0 Å². The summed E-state index contributed by atoms with van der Waals surface area (Å²) in [6.45, 7) is 5.40. The summed E-state index contributed by atoms with van der Waals surface area (Å²) in [6.07, 6.45) is 1.39. The molecule has 15 heavy (non-hydrogen) atoms. The minimum absolute atomic E-state index is 0.129. The maximum atomic E-state index is 11.5. The fraction of sp³-hybridized carbons (Fsp3) is 0.500. The summed E-state index contributed by atoms with van der Waals surface area (Å²) >= 11 is 5.65. The first-order chi connectivity index (χ1) is 7.11. The van der Waals surface area contributed by atoms with Crippen LogP contribution in [-0.2, 0) is 0 Å². The fourth-order valence-corrected chi connectivity index (χ4v) is 1.29. The smallest absolute Gasteiger partial charge is 0.256 e. The van der Waals surface area contributed by atoms with E-state index in [9.17, 15) is 4.79 Å². The number of amides is 1. The van der Waals surface area contributed by atoms with Crippen molar-refractivity contribution >= 4 is 17.5 Å². The van der Waals surface area contributed by atoms with Gasteiger partial charge in [0.05, 0.1) is 11.8 Å². The van der Waals surface area contributed by atoms with Crippen LogP contribution in [0, 0.1) is 0 Å². The highest BCUT2D eigenvalue weighted by Gasteiger charge is 2.11. The molecule has 0 bridgehead atoms. The zero-order valence-corrected chi connectivity index (χ0v) is 9.60. The van der Waals surface area contributed by atoms with E-state index in [1.807, 2.05) is 0 Å². The molecule has 1 amide bonds. The van der Waals surface area contributed by atoms with Crippen LogP contribution >= 0.6 is 11.6 Å². The SMILES string of the molecule is CC(C)NCCNC(=O)c1ccoc1Cl. The highest BCUT2D eigenvalue weighted by atomic mass is 35.5. The Hall–Kier alpha value is -1.00. The van der Waals surface area contributed by atoms with Crippen LogP contribution in [-0.4, -0.2) is 25.0 Å². The number of furan rings is 1. The summed E-state index contributed by atoms with van der Waals surface area (Å²) in [5.74, 6) is -0.209. The van der Waals surface area contributed by atoms with Gasteiger partial charge in [0.25, 0.3) is 5.91 Å². The van der Waals surface area contributed by atoms with Gasteiger partial charge in [-0.3, -0.25) is 4.79 Å². The molecule has 0 fully saturated rings. The van der Waals surface area contributed by atoms with Gasteiger partial charge in [-0.1, -0.05) is 13.8 Å². The second-order valence-electron chi connectivity index (χ2n) is 3.47. The van der Waals surface area contributed by atoms with Gasteiger partial charge in [0.2, 0.25) is 5.22 Å². The second kappa shape index (κ2) is 5.78. The van der Waals surface area contributed by atoms with Gasteiger partial charge < -0.3 is 15.1 Å². The van der Waals surface area contributed by atoms with Gasteiger partial charge in [-0.15, -0.1) is 0 Å². The first-order valence-electron chi connectivity index (χ1n) is 4.86. The van der Waals surface area contributed by atoms with Gasteiger partial charge in [-0.2, -0.15) is 0 Å². The van der Waals surface area contributed by atoms with Gasteiger partial charge in [0.1, 0.15) is 0 Å². The van der Waals surface area contributed by atoms with E-state index >= 15 is 0 Å². The van der Waals surface area contributed by atoms with E-state index in [0.717, 1.165) is 6.54 Å². The minimum Gasteiger partial charge on any atom is -0.452 e. The van der Waals surface area contributed by atoms with Gasteiger partial charge in [-0.05, 0) is 17.7 Å². The summed E-state index contributed by atoms with van der Waals surface area (Å²) in [4.78, 5) is 11.5. The van der Waals surface area contributed by atoms with Gasteiger partial charge in [0, 0.05) is 19.1 Å². The molecule has 1 aromatic heterocycles. The first-order valence-corrected chi connectivity index (χ1v) is 5.23. The van der Waals surface area contributed by atoms with Crippen molar-refractivity contribution in [3.05, 3.63) is 23.1 Å². The molecule has 1 heterocycles. The Bertz CT molecular complexity index is 323. The molecule has 2 N–H and O–H groups in total. The Morgan fingerprint density at radius 1 is 1.53 bits per heavy atom. The Balaban J connectivity index is 2.28. The van der Waals surface area contributed by atoms with Crippen molar-refractivity contribution in [3.8, 4) is 0 Å². The van der Waals surface area contributed by atoms with E-state index in [0.29, 0.717) is 18.2 Å². The molecule has 0 saturated carbocycles. The average Bonchev–Trinajstić information content (AvgIpc) is 2.58. The van der Waals surface area contributed by atoms with Crippen molar-refractivity contribution in [2.75, 3.05) is 13.1 Å². The van der Waals surface area contributed by atoms with Crippen molar-refractivity contribution in [1.29, 1.82) is 0 Å². The predicted molar refractivity (Wildman–Crippen MR) is 59.2 cm³/mol. The van der Waals surface area contributed by atoms with E-state index in [4.69, 9.17) is 16.0 Å². The van der Waals surface area contributed by atoms with Crippen molar-refractivity contribution < 1.29 is 9.21 Å². The van der Waals surface area contributed by atoms with Crippen LogP contribution in [0.4, 0.5) is 0 Å². The quantitative estimate of drug-likeness (QED) is 0.757. The van der Waals surface area contributed by atoms with Crippen molar-refractivity contribution in [3.63, 3.8) is 0 Å². The predicted octanol–water partition coefficient (Wildman–Crippen LogP) is 1.66. The maximum absolute atomic E-state index is 11.5. The van der Waals surface area contributed by atoms with E-state index in [2.05, 4.69) is 24.5 Å². The fourth-order valence-electron chi connectivity index (χ4n) is 1.09.